The van der Waals surface area contributed by atoms with Crippen LogP contribution in [-0.4, -0.2) is 48.6 Å². The largest absolute Gasteiger partial charge is 0.466 e. The molecule has 208 valence electrons. The van der Waals surface area contributed by atoms with Gasteiger partial charge in [0, 0.05) is 43.4 Å². The number of rotatable bonds is 9. The van der Waals surface area contributed by atoms with Gasteiger partial charge in [-0.2, -0.15) is 8.42 Å². The molecule has 1 unspecified atom stereocenters. The van der Waals surface area contributed by atoms with Gasteiger partial charge in [-0.15, -0.1) is 0 Å². The number of fused-ring (bicyclic) bond motifs is 5. The van der Waals surface area contributed by atoms with Crippen molar-refractivity contribution >= 4 is 33.4 Å². The van der Waals surface area contributed by atoms with Gasteiger partial charge in [0.25, 0.3) is 10.1 Å². The van der Waals surface area contributed by atoms with Crippen molar-refractivity contribution in [1.82, 2.24) is 0 Å². The number of unbranched alkanes of at least 4 members (excludes halogenated alkanes) is 1. The van der Waals surface area contributed by atoms with Crippen molar-refractivity contribution in [2.75, 3.05) is 12.4 Å². The first-order valence-corrected chi connectivity index (χ1v) is 15.6. The molecular formula is C28H42O8S. The normalized spacial score (nSPS) is 38.5. The molecule has 8 atom stereocenters. The van der Waals surface area contributed by atoms with Gasteiger partial charge in [0.2, 0.25) is 0 Å². The topological polar surface area (TPSA) is 132 Å². The summed E-state index contributed by atoms with van der Waals surface area (Å²) in [6, 6.07) is 0. The molecule has 4 rings (SSSR count). The maximum atomic E-state index is 13.8. The summed E-state index contributed by atoms with van der Waals surface area (Å²) in [6.07, 6.45) is 5.80. The summed E-state index contributed by atoms with van der Waals surface area (Å²) >= 11 is 0. The van der Waals surface area contributed by atoms with Crippen molar-refractivity contribution in [3.05, 3.63) is 0 Å². The van der Waals surface area contributed by atoms with Crippen LogP contribution in [0.5, 0.6) is 0 Å². The van der Waals surface area contributed by atoms with Gasteiger partial charge in [-0.3, -0.25) is 23.7 Å². The van der Waals surface area contributed by atoms with Crippen LogP contribution in [0.15, 0.2) is 0 Å². The number of carbonyl (C=O) groups is 4. The van der Waals surface area contributed by atoms with Crippen LogP contribution in [0.3, 0.4) is 0 Å². The summed E-state index contributed by atoms with van der Waals surface area (Å²) in [7, 11) is -4.00. The highest BCUT2D eigenvalue weighted by Crippen LogP contribution is 2.66. The molecule has 0 spiro atoms. The lowest BCUT2D eigenvalue weighted by molar-refractivity contribution is -0.166. The first kappa shape index (κ1) is 28.4. The summed E-state index contributed by atoms with van der Waals surface area (Å²) in [5.41, 5.74) is -0.693. The van der Waals surface area contributed by atoms with Crippen molar-refractivity contribution in [2.24, 2.45) is 46.3 Å². The van der Waals surface area contributed by atoms with E-state index in [-0.39, 0.29) is 89.4 Å². The SMILES string of the molecule is C[C@H](CCC(=O)OCCCCS(=O)(=O)O)[C@H]1CC[C@H]2[C@@H]3C(=O)CC4CC(=O)CC[C@]4(C)[C@H]3CC(=O)[C@]12C. The van der Waals surface area contributed by atoms with Crippen molar-refractivity contribution in [1.29, 1.82) is 0 Å². The number of ketones is 3. The number of esters is 1. The molecule has 4 aliphatic carbocycles. The summed E-state index contributed by atoms with van der Waals surface area (Å²) in [4.78, 5) is 51.7. The number of hydrogen-bond acceptors (Lipinski definition) is 7. The monoisotopic (exact) mass is 538 g/mol. The van der Waals surface area contributed by atoms with Crippen molar-refractivity contribution in [3.8, 4) is 0 Å². The minimum absolute atomic E-state index is 0.0299. The summed E-state index contributed by atoms with van der Waals surface area (Å²) in [5, 5.41) is 0. The molecule has 0 heterocycles. The Bertz CT molecular complexity index is 1050. The number of carbonyl (C=O) groups excluding carboxylic acids is 4. The quantitative estimate of drug-likeness (QED) is 0.262. The molecular weight excluding hydrogens is 496 g/mol. The van der Waals surface area contributed by atoms with Crippen LogP contribution in [0.25, 0.3) is 0 Å². The third-order valence-corrected chi connectivity index (χ3v) is 11.6. The lowest BCUT2D eigenvalue weighted by Crippen LogP contribution is -2.60. The van der Waals surface area contributed by atoms with Crippen LogP contribution in [0, 0.1) is 46.3 Å². The second-order valence-corrected chi connectivity index (χ2v) is 14.3. The zero-order valence-electron chi connectivity index (χ0n) is 22.4. The number of ether oxygens (including phenoxy) is 1. The van der Waals surface area contributed by atoms with E-state index in [2.05, 4.69) is 20.8 Å². The second-order valence-electron chi connectivity index (χ2n) is 12.7. The molecule has 0 radical (unpaired) electrons. The van der Waals surface area contributed by atoms with Gasteiger partial charge in [0.05, 0.1) is 12.4 Å². The summed E-state index contributed by atoms with van der Waals surface area (Å²) in [5.74, 6) is 0.297. The third kappa shape index (κ3) is 5.45. The third-order valence-electron chi connectivity index (χ3n) is 10.8. The maximum absolute atomic E-state index is 13.8. The van der Waals surface area contributed by atoms with Crippen molar-refractivity contribution in [2.45, 2.75) is 91.4 Å². The van der Waals surface area contributed by atoms with E-state index < -0.39 is 15.5 Å². The molecule has 4 fully saturated rings. The van der Waals surface area contributed by atoms with Crippen molar-refractivity contribution < 1.29 is 36.9 Å². The molecule has 4 aliphatic rings. The molecule has 0 aromatic rings. The minimum atomic E-state index is -4.00. The Labute approximate surface area is 220 Å². The molecule has 0 aromatic carbocycles. The molecule has 0 amide bonds. The lowest BCUT2D eigenvalue weighted by atomic mass is 9.44. The van der Waals surface area contributed by atoms with Gasteiger partial charge in [-0.1, -0.05) is 20.8 Å². The molecule has 37 heavy (non-hydrogen) atoms. The number of hydrogen-bond donors (Lipinski definition) is 1. The molecule has 4 saturated carbocycles. The maximum Gasteiger partial charge on any atom is 0.305 e. The van der Waals surface area contributed by atoms with Gasteiger partial charge in [0.1, 0.15) is 17.3 Å². The molecule has 0 saturated heterocycles. The predicted molar refractivity (Wildman–Crippen MR) is 136 cm³/mol. The van der Waals surface area contributed by atoms with Crippen LogP contribution in [0.4, 0.5) is 0 Å². The van der Waals surface area contributed by atoms with Crippen molar-refractivity contribution in [3.63, 3.8) is 0 Å². The van der Waals surface area contributed by atoms with Crippen LogP contribution < -0.4 is 0 Å². The van der Waals surface area contributed by atoms with Gasteiger partial charge in [-0.25, -0.2) is 0 Å². The molecule has 1 N–H and O–H groups in total. The van der Waals surface area contributed by atoms with E-state index in [1.165, 1.54) is 0 Å². The van der Waals surface area contributed by atoms with E-state index in [1.807, 2.05) is 0 Å². The Balaban J connectivity index is 1.37. The van der Waals surface area contributed by atoms with Gasteiger partial charge in [0.15, 0.2) is 0 Å². The van der Waals surface area contributed by atoms with Crippen LogP contribution in [-0.2, 0) is 34.0 Å². The Morgan fingerprint density at radius 1 is 1.08 bits per heavy atom. The average Bonchev–Trinajstić information content (AvgIpc) is 3.17. The first-order valence-electron chi connectivity index (χ1n) is 14.0. The summed E-state index contributed by atoms with van der Waals surface area (Å²) in [6.45, 7) is 6.47. The molecule has 0 aliphatic heterocycles. The minimum Gasteiger partial charge on any atom is -0.466 e. The second kappa shape index (κ2) is 10.5. The highest BCUT2D eigenvalue weighted by atomic mass is 32.2. The first-order chi connectivity index (χ1) is 17.3. The Morgan fingerprint density at radius 3 is 2.51 bits per heavy atom. The lowest BCUT2D eigenvalue weighted by Gasteiger charge is -2.58. The zero-order valence-corrected chi connectivity index (χ0v) is 23.2. The molecule has 9 heteroatoms. The van der Waals surface area contributed by atoms with Crippen LogP contribution >= 0.6 is 0 Å². The van der Waals surface area contributed by atoms with E-state index >= 15 is 0 Å². The highest BCUT2D eigenvalue weighted by Gasteiger charge is 2.66. The van der Waals surface area contributed by atoms with E-state index in [4.69, 9.17) is 9.29 Å². The van der Waals surface area contributed by atoms with E-state index in [1.54, 1.807) is 0 Å². The molecule has 0 bridgehead atoms. The van der Waals surface area contributed by atoms with Crippen LogP contribution in [0.1, 0.15) is 91.4 Å². The zero-order chi connectivity index (χ0) is 27.2. The fourth-order valence-electron chi connectivity index (χ4n) is 8.58. The van der Waals surface area contributed by atoms with E-state index in [0.717, 1.165) is 19.3 Å². The van der Waals surface area contributed by atoms with Gasteiger partial charge >= 0.3 is 5.97 Å². The Kier molecular flexibility index (Phi) is 8.07. The summed E-state index contributed by atoms with van der Waals surface area (Å²) < 4.78 is 35.5. The fraction of sp³-hybridized carbons (Fsp3) is 0.857. The van der Waals surface area contributed by atoms with E-state index in [0.29, 0.717) is 38.5 Å². The predicted octanol–water partition coefficient (Wildman–Crippen LogP) is 4.20. The number of Topliss-reactive ketones (excluding diaryl/α,β-unsaturated/α-hetero) is 3. The highest BCUT2D eigenvalue weighted by molar-refractivity contribution is 7.85. The Hall–Kier alpha value is -1.61. The standard InChI is InChI=1S/C28H42O8S/c1-17(6-9-25(32)36-12-4-5-13-37(33,34)35)20-7-8-21-26-22(16-24(31)28(20,21)3)27(2)11-10-19(29)14-18(27)15-23(26)30/h17-18,20-22,26H,4-16H2,1-3H3,(H,33,34,35)/t17-,18?,20-,21+,22+,26+,27+,28-/m1/s1. The smallest absolute Gasteiger partial charge is 0.305 e. The molecule has 8 nitrogen and oxygen atoms in total. The van der Waals surface area contributed by atoms with Gasteiger partial charge < -0.3 is 4.74 Å². The fourth-order valence-corrected chi connectivity index (χ4v) is 9.15. The average molecular weight is 539 g/mol. The van der Waals surface area contributed by atoms with Gasteiger partial charge in [-0.05, 0) is 73.5 Å². The Morgan fingerprint density at radius 2 is 1.81 bits per heavy atom. The van der Waals surface area contributed by atoms with E-state index in [9.17, 15) is 27.6 Å². The van der Waals surface area contributed by atoms with Crippen LogP contribution in [0.2, 0.25) is 0 Å². The molecule has 0 aromatic heterocycles.